The molecule has 4 aromatic rings. The number of benzene rings is 2. The molecule has 31 heavy (non-hydrogen) atoms. The number of aromatic nitrogens is 2. The Labute approximate surface area is 177 Å². The van der Waals surface area contributed by atoms with Gasteiger partial charge in [0.25, 0.3) is 5.89 Å². The van der Waals surface area contributed by atoms with Crippen LogP contribution in [-0.4, -0.2) is 16.2 Å². The molecular formula is C23H19FN2O5. The van der Waals surface area contributed by atoms with Crippen molar-refractivity contribution in [1.82, 2.24) is 10.2 Å². The average Bonchev–Trinajstić information content (AvgIpc) is 3.44. The summed E-state index contributed by atoms with van der Waals surface area (Å²) in [6.07, 6.45) is -0.761. The Hall–Kier alpha value is -3.94. The molecule has 8 heteroatoms. The number of furan rings is 1. The largest absolute Gasteiger partial charge is 0.486 e. The van der Waals surface area contributed by atoms with E-state index in [9.17, 15) is 9.18 Å². The number of aryl methyl sites for hydroxylation is 1. The van der Waals surface area contributed by atoms with Gasteiger partial charge >= 0.3 is 5.97 Å². The van der Waals surface area contributed by atoms with Crippen molar-refractivity contribution in [2.24, 2.45) is 0 Å². The van der Waals surface area contributed by atoms with Crippen molar-refractivity contribution in [3.63, 3.8) is 0 Å². The van der Waals surface area contributed by atoms with Crippen molar-refractivity contribution in [3.05, 3.63) is 89.5 Å². The zero-order chi connectivity index (χ0) is 21.8. The highest BCUT2D eigenvalue weighted by Crippen LogP contribution is 2.24. The maximum absolute atomic E-state index is 12.9. The van der Waals surface area contributed by atoms with E-state index in [4.69, 9.17) is 18.3 Å². The summed E-state index contributed by atoms with van der Waals surface area (Å²) < 4.78 is 34.9. The van der Waals surface area contributed by atoms with Gasteiger partial charge in [-0.15, -0.1) is 10.2 Å². The summed E-state index contributed by atoms with van der Waals surface area (Å²) in [4.78, 5) is 12.4. The van der Waals surface area contributed by atoms with E-state index >= 15 is 0 Å². The van der Waals surface area contributed by atoms with Crippen LogP contribution in [0, 0.1) is 12.7 Å². The molecule has 0 amide bonds. The number of carbonyl (C=O) groups is 1. The standard InChI is InChI=1S/C23H19FN2O5/c1-14-3-5-16(6-4-14)22-26-25-21(31-22)15(2)29-23(27)20-12-11-19(30-20)13-28-18-9-7-17(24)8-10-18/h3-12,15H,13H2,1-2H3. The van der Waals surface area contributed by atoms with Crippen molar-refractivity contribution in [2.45, 2.75) is 26.6 Å². The quantitative estimate of drug-likeness (QED) is 0.375. The van der Waals surface area contributed by atoms with Crippen LogP contribution < -0.4 is 4.74 Å². The monoisotopic (exact) mass is 422 g/mol. The summed E-state index contributed by atoms with van der Waals surface area (Å²) in [5.74, 6) is 0.418. The van der Waals surface area contributed by atoms with E-state index in [0.717, 1.165) is 11.1 Å². The molecular weight excluding hydrogens is 403 g/mol. The fourth-order valence-electron chi connectivity index (χ4n) is 2.73. The molecule has 0 N–H and O–H groups in total. The molecule has 0 spiro atoms. The van der Waals surface area contributed by atoms with Gasteiger partial charge in [-0.05, 0) is 62.4 Å². The van der Waals surface area contributed by atoms with Crippen LogP contribution in [0.4, 0.5) is 4.39 Å². The van der Waals surface area contributed by atoms with Gasteiger partial charge in [0.1, 0.15) is 23.9 Å². The third kappa shape index (κ3) is 4.98. The number of halogens is 1. The van der Waals surface area contributed by atoms with Crippen LogP contribution >= 0.6 is 0 Å². The van der Waals surface area contributed by atoms with Gasteiger partial charge in [-0.3, -0.25) is 0 Å². The molecule has 158 valence electrons. The lowest BCUT2D eigenvalue weighted by Gasteiger charge is -2.07. The number of ether oxygens (including phenoxy) is 2. The Morgan fingerprint density at radius 2 is 1.74 bits per heavy atom. The predicted octanol–water partition coefficient (Wildman–Crippen LogP) is 5.27. The number of hydrogen-bond donors (Lipinski definition) is 0. The van der Waals surface area contributed by atoms with Crippen molar-refractivity contribution < 1.29 is 27.5 Å². The van der Waals surface area contributed by atoms with Crippen LogP contribution in [0.5, 0.6) is 5.75 Å². The van der Waals surface area contributed by atoms with E-state index in [2.05, 4.69) is 10.2 Å². The first-order valence-corrected chi connectivity index (χ1v) is 9.56. The number of hydrogen-bond acceptors (Lipinski definition) is 7. The highest BCUT2D eigenvalue weighted by atomic mass is 19.1. The second kappa shape index (κ2) is 8.83. The van der Waals surface area contributed by atoms with E-state index < -0.39 is 12.1 Å². The average molecular weight is 422 g/mol. The molecule has 0 saturated heterocycles. The molecule has 0 bridgehead atoms. The molecule has 4 rings (SSSR count). The molecule has 0 fully saturated rings. The molecule has 7 nitrogen and oxygen atoms in total. The molecule has 0 saturated carbocycles. The highest BCUT2D eigenvalue weighted by Gasteiger charge is 2.22. The number of rotatable bonds is 7. The number of esters is 1. The van der Waals surface area contributed by atoms with Gasteiger partial charge in [-0.1, -0.05) is 17.7 Å². The highest BCUT2D eigenvalue weighted by molar-refractivity contribution is 5.86. The molecule has 1 unspecified atom stereocenters. The SMILES string of the molecule is Cc1ccc(-c2nnc(C(C)OC(=O)c3ccc(COc4ccc(F)cc4)o3)o2)cc1. The summed E-state index contributed by atoms with van der Waals surface area (Å²) in [5.41, 5.74) is 1.89. The van der Waals surface area contributed by atoms with Gasteiger partial charge in [-0.25, -0.2) is 9.18 Å². The minimum Gasteiger partial charge on any atom is -0.486 e. The number of carbonyl (C=O) groups excluding carboxylic acids is 1. The summed E-state index contributed by atoms with van der Waals surface area (Å²) in [6, 6.07) is 16.3. The summed E-state index contributed by atoms with van der Waals surface area (Å²) in [6.45, 7) is 3.70. The minimum atomic E-state index is -0.761. The van der Waals surface area contributed by atoms with E-state index in [1.54, 1.807) is 13.0 Å². The molecule has 0 radical (unpaired) electrons. The van der Waals surface area contributed by atoms with Gasteiger partial charge in [0, 0.05) is 5.56 Å². The fraction of sp³-hybridized carbons (Fsp3) is 0.174. The van der Waals surface area contributed by atoms with E-state index in [1.165, 1.54) is 30.3 Å². The van der Waals surface area contributed by atoms with Crippen LogP contribution in [-0.2, 0) is 11.3 Å². The first-order valence-electron chi connectivity index (χ1n) is 9.56. The Morgan fingerprint density at radius 3 is 2.48 bits per heavy atom. The first-order chi connectivity index (χ1) is 15.0. The van der Waals surface area contributed by atoms with E-state index in [0.29, 0.717) is 17.4 Å². The molecule has 2 heterocycles. The van der Waals surface area contributed by atoms with Crippen LogP contribution in [0.3, 0.4) is 0 Å². The lowest BCUT2D eigenvalue weighted by molar-refractivity contribution is 0.0241. The molecule has 1 atom stereocenters. The van der Waals surface area contributed by atoms with Crippen LogP contribution in [0.25, 0.3) is 11.5 Å². The van der Waals surface area contributed by atoms with Gasteiger partial charge in [0.2, 0.25) is 11.7 Å². The first kappa shape index (κ1) is 20.3. The molecule has 2 aromatic carbocycles. The van der Waals surface area contributed by atoms with Gasteiger partial charge in [0.15, 0.2) is 6.10 Å². The number of nitrogens with zero attached hydrogens (tertiary/aromatic N) is 2. The fourth-order valence-corrected chi connectivity index (χ4v) is 2.73. The second-order valence-electron chi connectivity index (χ2n) is 6.87. The Kier molecular flexibility index (Phi) is 5.79. The topological polar surface area (TPSA) is 87.6 Å². The lowest BCUT2D eigenvalue weighted by atomic mass is 10.1. The normalized spacial score (nSPS) is 11.8. The van der Waals surface area contributed by atoms with Crippen molar-refractivity contribution in [2.75, 3.05) is 0 Å². The second-order valence-corrected chi connectivity index (χ2v) is 6.87. The van der Waals surface area contributed by atoms with Crippen LogP contribution in [0.1, 0.15) is 40.8 Å². The third-order valence-corrected chi connectivity index (χ3v) is 4.43. The molecule has 0 aliphatic rings. The molecule has 2 aromatic heterocycles. The Bertz CT molecular complexity index is 1170. The summed E-state index contributed by atoms with van der Waals surface area (Å²) in [7, 11) is 0. The smallest absolute Gasteiger partial charge is 0.375 e. The zero-order valence-electron chi connectivity index (χ0n) is 16.9. The maximum Gasteiger partial charge on any atom is 0.375 e. The maximum atomic E-state index is 12.9. The lowest BCUT2D eigenvalue weighted by Crippen LogP contribution is -2.08. The molecule has 0 aliphatic carbocycles. The zero-order valence-corrected chi connectivity index (χ0v) is 16.9. The van der Waals surface area contributed by atoms with E-state index in [1.807, 2.05) is 31.2 Å². The van der Waals surface area contributed by atoms with Crippen LogP contribution in [0.15, 0.2) is 69.5 Å². The van der Waals surface area contributed by atoms with Crippen molar-refractivity contribution in [3.8, 4) is 17.2 Å². The molecule has 0 aliphatic heterocycles. The van der Waals surface area contributed by atoms with E-state index in [-0.39, 0.29) is 24.1 Å². The minimum absolute atomic E-state index is 0.0165. The van der Waals surface area contributed by atoms with Gasteiger partial charge in [-0.2, -0.15) is 0 Å². The summed E-state index contributed by atoms with van der Waals surface area (Å²) >= 11 is 0. The van der Waals surface area contributed by atoms with Gasteiger partial charge in [0.05, 0.1) is 0 Å². The summed E-state index contributed by atoms with van der Waals surface area (Å²) in [5, 5.41) is 7.97. The predicted molar refractivity (Wildman–Crippen MR) is 108 cm³/mol. The Morgan fingerprint density at radius 1 is 1.00 bits per heavy atom. The van der Waals surface area contributed by atoms with Crippen molar-refractivity contribution in [1.29, 1.82) is 0 Å². The van der Waals surface area contributed by atoms with Crippen LogP contribution in [0.2, 0.25) is 0 Å². The third-order valence-electron chi connectivity index (χ3n) is 4.43. The Balaban J connectivity index is 1.35. The van der Waals surface area contributed by atoms with Gasteiger partial charge < -0.3 is 18.3 Å². The van der Waals surface area contributed by atoms with Crippen molar-refractivity contribution >= 4 is 5.97 Å².